The SMILES string of the molecule is C/C=C(\C)NCN(COCC[Si](C)(C)C)c1nc(Cl)nc(Cl)c1C. The predicted octanol–water partition coefficient (Wildman–Crippen LogP) is 4.68. The molecule has 0 aromatic carbocycles. The molecule has 0 saturated heterocycles. The van der Waals surface area contributed by atoms with Crippen molar-refractivity contribution < 1.29 is 4.74 Å². The molecule has 0 unspecified atom stereocenters. The van der Waals surface area contributed by atoms with Crippen LogP contribution in [0.3, 0.4) is 0 Å². The lowest BCUT2D eigenvalue weighted by molar-refractivity contribution is 0.145. The molecule has 0 aliphatic carbocycles. The molecule has 0 spiro atoms. The van der Waals surface area contributed by atoms with Crippen LogP contribution in [0.5, 0.6) is 0 Å². The average molecular weight is 391 g/mol. The summed E-state index contributed by atoms with van der Waals surface area (Å²) < 4.78 is 5.88. The Kier molecular flexibility index (Phi) is 8.49. The lowest BCUT2D eigenvalue weighted by Gasteiger charge is -2.27. The van der Waals surface area contributed by atoms with Gasteiger partial charge in [-0.25, -0.2) is 9.97 Å². The summed E-state index contributed by atoms with van der Waals surface area (Å²) in [6.07, 6.45) is 2.01. The van der Waals surface area contributed by atoms with Gasteiger partial charge in [0.15, 0.2) is 0 Å². The third kappa shape index (κ3) is 7.38. The molecule has 1 rings (SSSR count). The van der Waals surface area contributed by atoms with E-state index in [2.05, 4.69) is 34.9 Å². The van der Waals surface area contributed by atoms with Crippen molar-refractivity contribution in [2.24, 2.45) is 0 Å². The van der Waals surface area contributed by atoms with Crippen LogP contribution in [0, 0.1) is 6.92 Å². The van der Waals surface area contributed by atoms with Crippen molar-refractivity contribution in [3.05, 3.63) is 27.8 Å². The first-order valence-electron chi connectivity index (χ1n) is 8.03. The second-order valence-electron chi connectivity index (χ2n) is 6.93. The number of hydrogen-bond acceptors (Lipinski definition) is 5. The summed E-state index contributed by atoms with van der Waals surface area (Å²) >= 11 is 12.1. The van der Waals surface area contributed by atoms with Gasteiger partial charge in [0, 0.05) is 25.9 Å². The standard InChI is InChI=1S/C16H28Cl2N4OSi/c1-7-12(2)19-10-22(11-23-8-9-24(4,5)6)15-13(3)14(17)20-16(18)21-15/h7,19H,8-11H2,1-6H3/b12-7+. The molecule has 1 N–H and O–H groups in total. The Bertz CT molecular complexity index is 576. The smallest absolute Gasteiger partial charge is 0.225 e. The number of nitrogens with one attached hydrogen (secondary N) is 1. The Balaban J connectivity index is 2.85. The maximum atomic E-state index is 6.15. The summed E-state index contributed by atoms with van der Waals surface area (Å²) in [4.78, 5) is 10.3. The van der Waals surface area contributed by atoms with Crippen molar-refractivity contribution in [2.45, 2.75) is 46.5 Å². The molecule has 1 heterocycles. The molecule has 0 bridgehead atoms. The molecule has 1 aromatic rings. The molecule has 0 atom stereocenters. The van der Waals surface area contributed by atoms with Crippen LogP contribution < -0.4 is 10.2 Å². The number of nitrogens with zero attached hydrogens (tertiary/aromatic N) is 3. The van der Waals surface area contributed by atoms with Gasteiger partial charge < -0.3 is 15.0 Å². The molecule has 136 valence electrons. The molecule has 24 heavy (non-hydrogen) atoms. The Morgan fingerprint density at radius 1 is 1.29 bits per heavy atom. The lowest BCUT2D eigenvalue weighted by Crippen LogP contribution is -2.37. The minimum atomic E-state index is -1.12. The van der Waals surface area contributed by atoms with Gasteiger partial charge in [-0.2, -0.15) is 0 Å². The van der Waals surface area contributed by atoms with Crippen molar-refractivity contribution in [2.75, 3.05) is 24.9 Å². The van der Waals surface area contributed by atoms with E-state index in [-0.39, 0.29) is 5.28 Å². The Hall–Kier alpha value is -0.823. The molecule has 5 nitrogen and oxygen atoms in total. The second-order valence-corrected chi connectivity index (χ2v) is 13.2. The topological polar surface area (TPSA) is 50.3 Å². The highest BCUT2D eigenvalue weighted by molar-refractivity contribution is 6.76. The molecule has 0 amide bonds. The fraction of sp³-hybridized carbons (Fsp3) is 0.625. The first-order chi connectivity index (χ1) is 11.1. The second kappa shape index (κ2) is 9.61. The Morgan fingerprint density at radius 3 is 2.54 bits per heavy atom. The van der Waals surface area contributed by atoms with E-state index in [4.69, 9.17) is 27.9 Å². The van der Waals surface area contributed by atoms with Gasteiger partial charge in [-0.3, -0.25) is 0 Å². The summed E-state index contributed by atoms with van der Waals surface area (Å²) in [5.74, 6) is 0.685. The third-order valence-electron chi connectivity index (χ3n) is 3.56. The van der Waals surface area contributed by atoms with Crippen molar-refractivity contribution in [3.63, 3.8) is 0 Å². The monoisotopic (exact) mass is 390 g/mol. The van der Waals surface area contributed by atoms with E-state index in [1.807, 2.05) is 31.7 Å². The molecular formula is C16H28Cl2N4OSi. The number of aromatic nitrogens is 2. The third-order valence-corrected chi connectivity index (χ3v) is 5.80. The van der Waals surface area contributed by atoms with Gasteiger partial charge in [-0.15, -0.1) is 0 Å². The minimum Gasteiger partial charge on any atom is -0.371 e. The van der Waals surface area contributed by atoms with Gasteiger partial charge in [0.05, 0.1) is 6.67 Å². The summed E-state index contributed by atoms with van der Waals surface area (Å²) in [6.45, 7) is 14.6. The molecule has 0 fully saturated rings. The summed E-state index contributed by atoms with van der Waals surface area (Å²) in [7, 11) is -1.12. The van der Waals surface area contributed by atoms with Crippen molar-refractivity contribution in [3.8, 4) is 0 Å². The molecule has 0 aliphatic heterocycles. The molecular weight excluding hydrogens is 363 g/mol. The number of rotatable bonds is 9. The molecule has 8 heteroatoms. The van der Waals surface area contributed by atoms with Crippen LogP contribution in [0.2, 0.25) is 36.1 Å². The number of allylic oxidation sites excluding steroid dienone is 2. The van der Waals surface area contributed by atoms with Crippen LogP contribution in [0.15, 0.2) is 11.8 Å². The van der Waals surface area contributed by atoms with Gasteiger partial charge >= 0.3 is 0 Å². The Labute approximate surface area is 156 Å². The predicted molar refractivity (Wildman–Crippen MR) is 106 cm³/mol. The Morgan fingerprint density at radius 2 is 1.96 bits per heavy atom. The zero-order valence-electron chi connectivity index (χ0n) is 15.4. The largest absolute Gasteiger partial charge is 0.371 e. The van der Waals surface area contributed by atoms with Crippen LogP contribution in [0.1, 0.15) is 19.4 Å². The summed E-state index contributed by atoms with van der Waals surface area (Å²) in [5.41, 5.74) is 1.86. The van der Waals surface area contributed by atoms with Crippen LogP contribution in [0.25, 0.3) is 0 Å². The van der Waals surface area contributed by atoms with Crippen molar-refractivity contribution in [1.29, 1.82) is 0 Å². The molecule has 0 aliphatic rings. The van der Waals surface area contributed by atoms with Gasteiger partial charge in [0.2, 0.25) is 5.28 Å². The normalized spacial score (nSPS) is 12.4. The van der Waals surface area contributed by atoms with Crippen molar-refractivity contribution in [1.82, 2.24) is 15.3 Å². The van der Waals surface area contributed by atoms with Crippen LogP contribution in [0.4, 0.5) is 5.82 Å². The number of halogens is 2. The highest BCUT2D eigenvalue weighted by Crippen LogP contribution is 2.25. The molecule has 0 radical (unpaired) electrons. The minimum absolute atomic E-state index is 0.135. The molecule has 1 aromatic heterocycles. The summed E-state index contributed by atoms with van der Waals surface area (Å²) in [6, 6.07) is 1.12. The first-order valence-corrected chi connectivity index (χ1v) is 12.5. The van der Waals surface area contributed by atoms with Crippen LogP contribution in [-0.2, 0) is 4.74 Å². The number of hydrogen-bond donors (Lipinski definition) is 1. The fourth-order valence-corrected chi connectivity index (χ4v) is 2.95. The van der Waals surface area contributed by atoms with E-state index in [0.29, 0.717) is 24.4 Å². The zero-order valence-corrected chi connectivity index (χ0v) is 17.9. The van der Waals surface area contributed by atoms with E-state index < -0.39 is 8.07 Å². The zero-order chi connectivity index (χ0) is 18.3. The van der Waals surface area contributed by atoms with Gasteiger partial charge in [-0.05, 0) is 38.4 Å². The fourth-order valence-electron chi connectivity index (χ4n) is 1.82. The van der Waals surface area contributed by atoms with E-state index >= 15 is 0 Å². The van der Waals surface area contributed by atoms with Crippen LogP contribution in [-0.4, -0.2) is 38.0 Å². The first kappa shape index (κ1) is 21.2. The number of anilines is 1. The highest BCUT2D eigenvalue weighted by Gasteiger charge is 2.17. The maximum Gasteiger partial charge on any atom is 0.225 e. The van der Waals surface area contributed by atoms with E-state index in [1.54, 1.807) is 0 Å². The average Bonchev–Trinajstić information content (AvgIpc) is 2.49. The van der Waals surface area contributed by atoms with E-state index in [0.717, 1.165) is 23.9 Å². The van der Waals surface area contributed by atoms with Gasteiger partial charge in [0.25, 0.3) is 0 Å². The number of ether oxygens (including phenoxy) is 1. The van der Waals surface area contributed by atoms with Gasteiger partial charge in [0.1, 0.15) is 17.7 Å². The lowest BCUT2D eigenvalue weighted by atomic mass is 10.3. The van der Waals surface area contributed by atoms with E-state index in [1.165, 1.54) is 0 Å². The van der Waals surface area contributed by atoms with E-state index in [9.17, 15) is 0 Å². The quantitative estimate of drug-likeness (QED) is 0.218. The highest BCUT2D eigenvalue weighted by atomic mass is 35.5. The van der Waals surface area contributed by atoms with Gasteiger partial charge in [-0.1, -0.05) is 37.3 Å². The maximum absolute atomic E-state index is 6.15. The van der Waals surface area contributed by atoms with Crippen LogP contribution >= 0.6 is 23.2 Å². The molecule has 0 saturated carbocycles. The van der Waals surface area contributed by atoms with Crippen molar-refractivity contribution >= 4 is 37.1 Å². The summed E-state index contributed by atoms with van der Waals surface area (Å²) in [5, 5.41) is 3.82.